The molecule has 2 atom stereocenters. The first-order valence-electron chi connectivity index (χ1n) is 9.91. The first kappa shape index (κ1) is 23.1. The summed E-state index contributed by atoms with van der Waals surface area (Å²) < 4.78 is 34.1. The second-order valence-corrected chi connectivity index (χ2v) is 7.82. The van der Waals surface area contributed by atoms with Crippen LogP contribution in [0.15, 0.2) is 36.4 Å². The molecule has 0 aromatic heterocycles. The number of carbonyl (C=O) groups is 2. The van der Waals surface area contributed by atoms with E-state index in [0.29, 0.717) is 25.3 Å². The summed E-state index contributed by atoms with van der Waals surface area (Å²) in [6.45, 7) is 4.84. The van der Waals surface area contributed by atoms with Gasteiger partial charge in [-0.2, -0.15) is 0 Å². The van der Waals surface area contributed by atoms with Crippen molar-refractivity contribution in [1.29, 1.82) is 0 Å². The minimum Gasteiger partial charge on any atom is -0.376 e. The molecule has 9 heteroatoms. The smallest absolute Gasteiger partial charge is 0.251 e. The van der Waals surface area contributed by atoms with E-state index in [1.165, 1.54) is 31.2 Å². The standard InChI is InChI=1S/C22H24ClF2N3O3/c1-13-12-28(8-9-31-13)20(21-16(23)4-3-5-18(21)25)11-26-22(30)15-6-7-17(24)19(10-15)27-14(2)29/h3-7,10,13,20H,8-9,11-12H2,1-2H3,(H,26,30)(H,27,29). The number of anilines is 1. The lowest BCUT2D eigenvalue weighted by Crippen LogP contribution is -2.47. The van der Waals surface area contributed by atoms with Crippen molar-refractivity contribution in [3.8, 4) is 0 Å². The fourth-order valence-electron chi connectivity index (χ4n) is 3.61. The Labute approximate surface area is 184 Å². The minimum atomic E-state index is -0.648. The molecule has 31 heavy (non-hydrogen) atoms. The predicted octanol–water partition coefficient (Wildman–Crippen LogP) is 3.77. The molecule has 2 N–H and O–H groups in total. The highest BCUT2D eigenvalue weighted by Gasteiger charge is 2.29. The summed E-state index contributed by atoms with van der Waals surface area (Å²) in [6, 6.07) is 7.64. The Hall–Kier alpha value is -2.55. The SMILES string of the molecule is CC(=O)Nc1cc(C(=O)NCC(c2c(F)cccc2Cl)N2CCOC(C)C2)ccc1F. The maximum Gasteiger partial charge on any atom is 0.251 e. The van der Waals surface area contributed by atoms with Gasteiger partial charge in [0.2, 0.25) is 5.91 Å². The summed E-state index contributed by atoms with van der Waals surface area (Å²) in [5.41, 5.74) is 0.381. The van der Waals surface area contributed by atoms with Crippen LogP contribution >= 0.6 is 11.6 Å². The number of benzene rings is 2. The molecule has 1 heterocycles. The molecule has 2 amide bonds. The molecule has 2 aromatic rings. The van der Waals surface area contributed by atoms with Crippen LogP contribution in [-0.4, -0.2) is 49.1 Å². The van der Waals surface area contributed by atoms with Crippen molar-refractivity contribution in [3.05, 3.63) is 64.2 Å². The summed E-state index contributed by atoms with van der Waals surface area (Å²) in [5, 5.41) is 5.40. The summed E-state index contributed by atoms with van der Waals surface area (Å²) in [7, 11) is 0. The van der Waals surface area contributed by atoms with Gasteiger partial charge in [0.05, 0.1) is 24.4 Å². The number of rotatable bonds is 6. The zero-order chi connectivity index (χ0) is 22.5. The summed E-state index contributed by atoms with van der Waals surface area (Å²) >= 11 is 6.31. The van der Waals surface area contributed by atoms with Crippen LogP contribution in [0.2, 0.25) is 5.02 Å². The highest BCUT2D eigenvalue weighted by molar-refractivity contribution is 6.31. The maximum atomic E-state index is 14.7. The van der Waals surface area contributed by atoms with Crippen LogP contribution in [0.4, 0.5) is 14.5 Å². The molecule has 1 aliphatic rings. The van der Waals surface area contributed by atoms with Crippen molar-refractivity contribution in [3.63, 3.8) is 0 Å². The number of hydrogen-bond donors (Lipinski definition) is 2. The van der Waals surface area contributed by atoms with Gasteiger partial charge in [-0.25, -0.2) is 8.78 Å². The third kappa shape index (κ3) is 5.78. The number of nitrogens with zero attached hydrogens (tertiary/aromatic N) is 1. The van der Waals surface area contributed by atoms with Gasteiger partial charge in [0.1, 0.15) is 11.6 Å². The average molecular weight is 452 g/mol. The first-order valence-corrected chi connectivity index (χ1v) is 10.3. The molecule has 1 saturated heterocycles. The monoisotopic (exact) mass is 451 g/mol. The number of carbonyl (C=O) groups excluding carboxylic acids is 2. The lowest BCUT2D eigenvalue weighted by molar-refractivity contribution is -0.114. The van der Waals surface area contributed by atoms with E-state index in [9.17, 15) is 18.4 Å². The molecular weight excluding hydrogens is 428 g/mol. The molecule has 166 valence electrons. The number of morpholine rings is 1. The molecule has 0 saturated carbocycles. The molecule has 0 aliphatic carbocycles. The van der Waals surface area contributed by atoms with Gasteiger partial charge in [-0.15, -0.1) is 0 Å². The molecule has 0 bridgehead atoms. The highest BCUT2D eigenvalue weighted by atomic mass is 35.5. The number of nitrogens with one attached hydrogen (secondary N) is 2. The quantitative estimate of drug-likeness (QED) is 0.701. The van der Waals surface area contributed by atoms with Gasteiger partial charge in [0, 0.05) is 42.7 Å². The average Bonchev–Trinajstić information content (AvgIpc) is 2.71. The Bertz CT molecular complexity index is 953. The van der Waals surface area contributed by atoms with E-state index < -0.39 is 29.5 Å². The fraction of sp³-hybridized carbons (Fsp3) is 0.364. The van der Waals surface area contributed by atoms with Crippen molar-refractivity contribution in [2.45, 2.75) is 26.0 Å². The van der Waals surface area contributed by atoms with Gasteiger partial charge in [0.15, 0.2) is 0 Å². The molecular formula is C22H24ClF2N3O3. The fourth-order valence-corrected chi connectivity index (χ4v) is 3.90. The van der Waals surface area contributed by atoms with Crippen molar-refractivity contribution in [2.75, 3.05) is 31.6 Å². The molecule has 0 radical (unpaired) electrons. The zero-order valence-electron chi connectivity index (χ0n) is 17.3. The molecule has 6 nitrogen and oxygen atoms in total. The second-order valence-electron chi connectivity index (χ2n) is 7.41. The Kier molecular flexibility index (Phi) is 7.59. The lowest BCUT2D eigenvalue weighted by atomic mass is 10.0. The molecule has 2 unspecified atom stereocenters. The largest absolute Gasteiger partial charge is 0.376 e. The van der Waals surface area contributed by atoms with Crippen molar-refractivity contribution >= 4 is 29.1 Å². The third-order valence-electron chi connectivity index (χ3n) is 5.04. The van der Waals surface area contributed by atoms with Crippen LogP contribution in [0.25, 0.3) is 0 Å². The van der Waals surface area contributed by atoms with Crippen molar-refractivity contribution in [1.82, 2.24) is 10.2 Å². The van der Waals surface area contributed by atoms with E-state index in [2.05, 4.69) is 10.6 Å². The van der Waals surface area contributed by atoms with Gasteiger partial charge in [-0.3, -0.25) is 14.5 Å². The third-order valence-corrected chi connectivity index (χ3v) is 5.37. The molecule has 1 aliphatic heterocycles. The van der Waals surface area contributed by atoms with E-state index in [4.69, 9.17) is 16.3 Å². The Morgan fingerprint density at radius 3 is 2.71 bits per heavy atom. The Balaban J connectivity index is 1.82. The van der Waals surface area contributed by atoms with E-state index in [0.717, 1.165) is 6.07 Å². The number of amides is 2. The molecule has 3 rings (SSSR count). The molecule has 2 aromatic carbocycles. The normalized spacial score (nSPS) is 17.8. The van der Waals surface area contributed by atoms with Crippen molar-refractivity contribution in [2.24, 2.45) is 0 Å². The van der Waals surface area contributed by atoms with Gasteiger partial charge in [0.25, 0.3) is 5.91 Å². The number of ether oxygens (including phenoxy) is 1. The van der Waals surface area contributed by atoms with Crippen LogP contribution in [0, 0.1) is 11.6 Å². The topological polar surface area (TPSA) is 70.7 Å². The Morgan fingerprint density at radius 2 is 2.03 bits per heavy atom. The van der Waals surface area contributed by atoms with Crippen LogP contribution in [0.5, 0.6) is 0 Å². The second kappa shape index (κ2) is 10.2. The van der Waals surface area contributed by atoms with E-state index in [-0.39, 0.29) is 28.9 Å². The number of hydrogen-bond acceptors (Lipinski definition) is 4. The molecule has 1 fully saturated rings. The van der Waals surface area contributed by atoms with Crippen LogP contribution in [0.3, 0.4) is 0 Å². The van der Waals surface area contributed by atoms with Gasteiger partial charge >= 0.3 is 0 Å². The van der Waals surface area contributed by atoms with Crippen molar-refractivity contribution < 1.29 is 23.1 Å². The van der Waals surface area contributed by atoms with Gasteiger partial charge in [-0.1, -0.05) is 17.7 Å². The van der Waals surface area contributed by atoms with E-state index >= 15 is 0 Å². The lowest BCUT2D eigenvalue weighted by Gasteiger charge is -2.38. The van der Waals surface area contributed by atoms with Crippen LogP contribution < -0.4 is 10.6 Å². The summed E-state index contributed by atoms with van der Waals surface area (Å²) in [6.07, 6.45) is -0.0465. The Morgan fingerprint density at radius 1 is 1.26 bits per heavy atom. The zero-order valence-corrected chi connectivity index (χ0v) is 18.0. The van der Waals surface area contributed by atoms with Crippen LogP contribution in [-0.2, 0) is 9.53 Å². The summed E-state index contributed by atoms with van der Waals surface area (Å²) in [5.74, 6) is -2.04. The highest BCUT2D eigenvalue weighted by Crippen LogP contribution is 2.31. The van der Waals surface area contributed by atoms with Crippen LogP contribution in [0.1, 0.15) is 35.8 Å². The number of halogens is 3. The predicted molar refractivity (Wildman–Crippen MR) is 114 cm³/mol. The van der Waals surface area contributed by atoms with Gasteiger partial charge in [-0.05, 0) is 37.3 Å². The maximum absolute atomic E-state index is 14.7. The molecule has 0 spiro atoms. The van der Waals surface area contributed by atoms with E-state index in [1.807, 2.05) is 11.8 Å². The minimum absolute atomic E-state index is 0.0465. The van der Waals surface area contributed by atoms with Gasteiger partial charge < -0.3 is 15.4 Å². The first-order chi connectivity index (χ1) is 14.8. The van der Waals surface area contributed by atoms with E-state index in [1.54, 1.807) is 6.07 Å². The summed E-state index contributed by atoms with van der Waals surface area (Å²) in [4.78, 5) is 26.0.